The number of benzene rings is 2. The first-order valence-corrected chi connectivity index (χ1v) is 11.9. The first-order valence-electron chi connectivity index (χ1n) is 11.5. The minimum absolute atomic E-state index is 0.132. The molecular formula is C27H31N5O2S. The van der Waals surface area contributed by atoms with E-state index in [1.165, 1.54) is 11.0 Å². The quantitative estimate of drug-likeness (QED) is 0.251. The van der Waals surface area contributed by atoms with Crippen LogP contribution in [0.1, 0.15) is 32.8 Å². The Balaban J connectivity index is 1.80. The van der Waals surface area contributed by atoms with Crippen LogP contribution in [-0.2, 0) is 9.59 Å². The molecule has 0 spiro atoms. The zero-order chi connectivity index (χ0) is 25.4. The lowest BCUT2D eigenvalue weighted by Crippen LogP contribution is -2.55. The smallest absolute Gasteiger partial charge is 0.250 e. The van der Waals surface area contributed by atoms with E-state index < -0.39 is 12.2 Å². The molecule has 1 unspecified atom stereocenters. The monoisotopic (exact) mass is 489 g/mol. The second-order valence-electron chi connectivity index (χ2n) is 8.69. The summed E-state index contributed by atoms with van der Waals surface area (Å²) in [6.45, 7) is 5.76. The molecule has 2 amide bonds. The largest absolute Gasteiger partial charge is 0.342 e. The summed E-state index contributed by atoms with van der Waals surface area (Å²) in [6, 6.07) is 18.1. The van der Waals surface area contributed by atoms with E-state index in [-0.39, 0.29) is 22.8 Å². The summed E-state index contributed by atoms with van der Waals surface area (Å²) in [5.74, 6) is -0.396. The SMILES string of the molecule is CC(C)C[C@H](N)C(=O)N(C(=S)NC(C)NC(=O)/C=C/c1ccccc1)c1cccc2cccnc12. The van der Waals surface area contributed by atoms with Crippen LogP contribution in [0.15, 0.2) is 72.9 Å². The Bertz CT molecular complexity index is 1210. The van der Waals surface area contributed by atoms with Crippen molar-refractivity contribution in [3.63, 3.8) is 0 Å². The number of nitrogens with one attached hydrogen (secondary N) is 2. The Morgan fingerprint density at radius 3 is 2.46 bits per heavy atom. The number of nitrogens with zero attached hydrogens (tertiary/aromatic N) is 2. The lowest BCUT2D eigenvalue weighted by atomic mass is 10.0. The third-order valence-corrected chi connectivity index (χ3v) is 5.54. The molecule has 0 saturated heterocycles. The maximum Gasteiger partial charge on any atom is 0.250 e. The van der Waals surface area contributed by atoms with E-state index in [1.54, 1.807) is 25.3 Å². The highest BCUT2D eigenvalue weighted by molar-refractivity contribution is 7.80. The highest BCUT2D eigenvalue weighted by atomic mass is 32.1. The highest BCUT2D eigenvalue weighted by Gasteiger charge is 2.28. The second-order valence-corrected chi connectivity index (χ2v) is 9.07. The number of carbonyl (C=O) groups excluding carboxylic acids is 2. The van der Waals surface area contributed by atoms with Gasteiger partial charge < -0.3 is 16.4 Å². The van der Waals surface area contributed by atoms with Crippen molar-refractivity contribution in [2.45, 2.75) is 39.4 Å². The Hall–Kier alpha value is -3.62. The number of hydrogen-bond donors (Lipinski definition) is 3. The minimum atomic E-state index is -0.743. The standard InChI is InChI=1S/C27H31N5O2S/c1-18(2)17-22(28)26(34)32(23-13-7-11-21-12-8-16-29-25(21)23)27(35)31-19(3)30-24(33)15-14-20-9-5-4-6-10-20/h4-16,18-19,22H,17,28H2,1-3H3,(H,30,33)(H,31,35)/b15-14+/t19?,22-/m0/s1. The molecule has 0 radical (unpaired) electrons. The topological polar surface area (TPSA) is 100 Å². The first-order chi connectivity index (χ1) is 16.8. The summed E-state index contributed by atoms with van der Waals surface area (Å²) in [4.78, 5) is 31.7. The van der Waals surface area contributed by atoms with Crippen molar-refractivity contribution in [1.29, 1.82) is 0 Å². The molecule has 35 heavy (non-hydrogen) atoms. The molecule has 8 heteroatoms. The summed E-state index contributed by atoms with van der Waals surface area (Å²) in [6.07, 6.45) is 4.80. The molecule has 7 nitrogen and oxygen atoms in total. The minimum Gasteiger partial charge on any atom is -0.342 e. The molecule has 1 aromatic heterocycles. The van der Waals surface area contributed by atoms with E-state index in [4.69, 9.17) is 18.0 Å². The normalized spacial score (nSPS) is 12.9. The van der Waals surface area contributed by atoms with Crippen LogP contribution >= 0.6 is 12.2 Å². The Kier molecular flexibility index (Phi) is 9.05. The zero-order valence-corrected chi connectivity index (χ0v) is 21.0. The summed E-state index contributed by atoms with van der Waals surface area (Å²) in [5.41, 5.74) is 8.35. The van der Waals surface area contributed by atoms with Crippen molar-refractivity contribution in [2.24, 2.45) is 11.7 Å². The number of anilines is 1. The van der Waals surface area contributed by atoms with Gasteiger partial charge in [-0.3, -0.25) is 19.5 Å². The van der Waals surface area contributed by atoms with Gasteiger partial charge in [-0.15, -0.1) is 0 Å². The van der Waals surface area contributed by atoms with Crippen molar-refractivity contribution in [2.75, 3.05) is 4.90 Å². The van der Waals surface area contributed by atoms with Gasteiger partial charge in [0.1, 0.15) is 0 Å². The molecule has 0 fully saturated rings. The van der Waals surface area contributed by atoms with Gasteiger partial charge in [0.15, 0.2) is 5.11 Å². The van der Waals surface area contributed by atoms with Crippen molar-refractivity contribution in [3.8, 4) is 0 Å². The van der Waals surface area contributed by atoms with Crippen LogP contribution in [-0.4, -0.2) is 34.1 Å². The number of amides is 2. The molecule has 0 aliphatic heterocycles. The van der Waals surface area contributed by atoms with Crippen LogP contribution < -0.4 is 21.3 Å². The second kappa shape index (κ2) is 12.2. The van der Waals surface area contributed by atoms with Gasteiger partial charge in [-0.25, -0.2) is 0 Å². The van der Waals surface area contributed by atoms with Gasteiger partial charge in [0.2, 0.25) is 11.8 Å². The van der Waals surface area contributed by atoms with Crippen LogP contribution in [0.4, 0.5) is 5.69 Å². The van der Waals surface area contributed by atoms with Gasteiger partial charge in [0, 0.05) is 17.7 Å². The lowest BCUT2D eigenvalue weighted by molar-refractivity contribution is -0.119. The molecule has 4 N–H and O–H groups in total. The van der Waals surface area contributed by atoms with Gasteiger partial charge in [0.05, 0.1) is 23.4 Å². The van der Waals surface area contributed by atoms with Crippen molar-refractivity contribution in [3.05, 3.63) is 78.5 Å². The van der Waals surface area contributed by atoms with E-state index in [0.29, 0.717) is 17.6 Å². The van der Waals surface area contributed by atoms with Gasteiger partial charge >= 0.3 is 0 Å². The molecule has 3 rings (SSSR count). The number of thiocarbonyl (C=S) groups is 1. The number of pyridine rings is 1. The van der Waals surface area contributed by atoms with Gasteiger partial charge in [-0.05, 0) is 55.3 Å². The van der Waals surface area contributed by atoms with Crippen LogP contribution in [0.3, 0.4) is 0 Å². The number of fused-ring (bicyclic) bond motifs is 1. The molecule has 2 aromatic carbocycles. The van der Waals surface area contributed by atoms with E-state index in [1.807, 2.05) is 68.4 Å². The number of aromatic nitrogens is 1. The fourth-order valence-corrected chi connectivity index (χ4v) is 4.02. The average molecular weight is 490 g/mol. The van der Waals surface area contributed by atoms with Crippen LogP contribution in [0, 0.1) is 5.92 Å². The van der Waals surface area contributed by atoms with E-state index in [0.717, 1.165) is 10.9 Å². The first kappa shape index (κ1) is 26.0. The van der Waals surface area contributed by atoms with E-state index >= 15 is 0 Å². The molecule has 1 heterocycles. The molecular weight excluding hydrogens is 458 g/mol. The summed E-state index contributed by atoms with van der Waals surface area (Å²) < 4.78 is 0. The van der Waals surface area contributed by atoms with Crippen molar-refractivity contribution >= 4 is 51.8 Å². The third-order valence-electron chi connectivity index (χ3n) is 5.24. The van der Waals surface area contributed by atoms with Crippen LogP contribution in [0.2, 0.25) is 0 Å². The molecule has 0 aliphatic carbocycles. The average Bonchev–Trinajstić information content (AvgIpc) is 2.83. The Labute approximate surface area is 211 Å². The van der Waals surface area contributed by atoms with Crippen molar-refractivity contribution < 1.29 is 9.59 Å². The van der Waals surface area contributed by atoms with Crippen LogP contribution in [0.5, 0.6) is 0 Å². The molecule has 3 aromatic rings. The molecule has 0 saturated carbocycles. The number of para-hydroxylation sites is 1. The van der Waals surface area contributed by atoms with Gasteiger partial charge in [-0.1, -0.05) is 62.4 Å². The highest BCUT2D eigenvalue weighted by Crippen LogP contribution is 2.26. The number of hydrogen-bond acceptors (Lipinski definition) is 5. The molecule has 2 atom stereocenters. The fraction of sp³-hybridized carbons (Fsp3) is 0.259. The summed E-state index contributed by atoms with van der Waals surface area (Å²) in [7, 11) is 0. The summed E-state index contributed by atoms with van der Waals surface area (Å²) >= 11 is 5.64. The molecule has 0 aliphatic rings. The lowest BCUT2D eigenvalue weighted by Gasteiger charge is -2.29. The van der Waals surface area contributed by atoms with Gasteiger partial charge in [0.25, 0.3) is 0 Å². The molecule has 182 valence electrons. The fourth-order valence-electron chi connectivity index (χ4n) is 3.65. The maximum atomic E-state index is 13.5. The number of nitrogens with two attached hydrogens (primary N) is 1. The van der Waals surface area contributed by atoms with Gasteiger partial charge in [-0.2, -0.15) is 0 Å². The number of carbonyl (C=O) groups is 2. The van der Waals surface area contributed by atoms with Crippen LogP contribution in [0.25, 0.3) is 17.0 Å². The third kappa shape index (κ3) is 7.18. The van der Waals surface area contributed by atoms with E-state index in [2.05, 4.69) is 15.6 Å². The zero-order valence-electron chi connectivity index (χ0n) is 20.1. The number of rotatable bonds is 8. The predicted molar refractivity (Wildman–Crippen MR) is 145 cm³/mol. The summed E-state index contributed by atoms with van der Waals surface area (Å²) in [5, 5.41) is 6.87. The Morgan fingerprint density at radius 1 is 1.03 bits per heavy atom. The maximum absolute atomic E-state index is 13.5. The molecule has 0 bridgehead atoms. The Morgan fingerprint density at radius 2 is 1.74 bits per heavy atom. The van der Waals surface area contributed by atoms with Crippen molar-refractivity contribution in [1.82, 2.24) is 15.6 Å². The van der Waals surface area contributed by atoms with E-state index in [9.17, 15) is 9.59 Å². The predicted octanol–water partition coefficient (Wildman–Crippen LogP) is 3.99.